The molecule has 0 radical (unpaired) electrons. The second-order valence-electron chi connectivity index (χ2n) is 5.36. The summed E-state index contributed by atoms with van der Waals surface area (Å²) in [7, 11) is 0. The first kappa shape index (κ1) is 13.1. The Morgan fingerprint density at radius 1 is 1.15 bits per heavy atom. The molecular weight excluding hydrogens is 250 g/mol. The van der Waals surface area contributed by atoms with Crippen molar-refractivity contribution in [1.29, 1.82) is 0 Å². The maximum Gasteiger partial charge on any atom is 0.227 e. The van der Waals surface area contributed by atoms with Crippen molar-refractivity contribution in [1.82, 2.24) is 15.3 Å². The lowest BCUT2D eigenvalue weighted by Gasteiger charge is -2.18. The number of benzene rings is 1. The predicted octanol–water partition coefficient (Wildman–Crippen LogP) is 3.04. The molecule has 3 rings (SSSR count). The minimum absolute atomic E-state index is 0.528. The molecule has 1 aromatic heterocycles. The van der Waals surface area contributed by atoms with E-state index in [1.54, 1.807) is 6.33 Å². The number of nitrogens with zero attached hydrogens (tertiary/aromatic N) is 2. The first-order chi connectivity index (χ1) is 9.74. The van der Waals surface area contributed by atoms with Gasteiger partial charge < -0.3 is 10.1 Å². The van der Waals surface area contributed by atoms with Gasteiger partial charge in [0, 0.05) is 19.5 Å². The third kappa shape index (κ3) is 2.65. The third-order valence-corrected chi connectivity index (χ3v) is 3.60. The normalized spacial score (nSPS) is 14.2. The minimum Gasteiger partial charge on any atom is -0.439 e. The van der Waals surface area contributed by atoms with E-state index >= 15 is 0 Å². The van der Waals surface area contributed by atoms with Crippen LogP contribution in [0.3, 0.4) is 0 Å². The molecule has 20 heavy (non-hydrogen) atoms. The van der Waals surface area contributed by atoms with E-state index in [1.165, 1.54) is 5.56 Å². The van der Waals surface area contributed by atoms with Crippen molar-refractivity contribution in [2.24, 2.45) is 0 Å². The number of fused-ring (bicyclic) bond motifs is 1. The molecule has 2 heterocycles. The molecule has 1 aliphatic rings. The maximum atomic E-state index is 5.92. The lowest BCUT2D eigenvalue weighted by atomic mass is 10.0. The van der Waals surface area contributed by atoms with Gasteiger partial charge in [-0.2, -0.15) is 0 Å². The van der Waals surface area contributed by atoms with E-state index in [2.05, 4.69) is 41.3 Å². The second kappa shape index (κ2) is 5.59. The smallest absolute Gasteiger partial charge is 0.227 e. The number of hydrogen-bond donors (Lipinski definition) is 1. The Morgan fingerprint density at radius 2 is 1.95 bits per heavy atom. The van der Waals surface area contributed by atoms with Crippen LogP contribution in [-0.2, 0) is 13.0 Å². The molecule has 0 spiro atoms. The van der Waals surface area contributed by atoms with Gasteiger partial charge in [0.2, 0.25) is 5.88 Å². The van der Waals surface area contributed by atoms with Gasteiger partial charge in [0.25, 0.3) is 0 Å². The van der Waals surface area contributed by atoms with Gasteiger partial charge in [-0.15, -0.1) is 0 Å². The summed E-state index contributed by atoms with van der Waals surface area (Å²) in [5.41, 5.74) is 3.47. The van der Waals surface area contributed by atoms with E-state index in [1.807, 2.05) is 12.1 Å². The SMILES string of the molecule is CC(C)c1ccc(Oc2ncnc3c2CNCC3)cc1. The van der Waals surface area contributed by atoms with Gasteiger partial charge >= 0.3 is 0 Å². The summed E-state index contributed by atoms with van der Waals surface area (Å²) in [6.45, 7) is 6.10. The fraction of sp³-hybridized carbons (Fsp3) is 0.375. The van der Waals surface area contributed by atoms with E-state index in [4.69, 9.17) is 4.74 Å². The fourth-order valence-electron chi connectivity index (χ4n) is 2.36. The predicted molar refractivity (Wildman–Crippen MR) is 78.0 cm³/mol. The van der Waals surface area contributed by atoms with Gasteiger partial charge in [0.15, 0.2) is 0 Å². The monoisotopic (exact) mass is 269 g/mol. The van der Waals surface area contributed by atoms with Crippen molar-refractivity contribution in [2.75, 3.05) is 6.54 Å². The summed E-state index contributed by atoms with van der Waals surface area (Å²) in [5, 5.41) is 3.33. The molecule has 0 amide bonds. The molecule has 4 nitrogen and oxygen atoms in total. The number of hydrogen-bond acceptors (Lipinski definition) is 4. The number of rotatable bonds is 3. The summed E-state index contributed by atoms with van der Waals surface area (Å²) < 4.78 is 5.92. The molecule has 1 N–H and O–H groups in total. The molecule has 1 aromatic carbocycles. The highest BCUT2D eigenvalue weighted by molar-refractivity contribution is 5.37. The Labute approximate surface area is 119 Å². The van der Waals surface area contributed by atoms with Gasteiger partial charge in [-0.3, -0.25) is 0 Å². The second-order valence-corrected chi connectivity index (χ2v) is 5.36. The minimum atomic E-state index is 0.528. The summed E-state index contributed by atoms with van der Waals surface area (Å²) in [6.07, 6.45) is 2.52. The van der Waals surface area contributed by atoms with Crippen LogP contribution in [0.5, 0.6) is 11.6 Å². The molecule has 0 bridgehead atoms. The Hall–Kier alpha value is -1.94. The van der Waals surface area contributed by atoms with E-state index in [-0.39, 0.29) is 0 Å². The highest BCUT2D eigenvalue weighted by atomic mass is 16.5. The topological polar surface area (TPSA) is 47.0 Å². The molecular formula is C16H19N3O. The fourth-order valence-corrected chi connectivity index (χ4v) is 2.36. The van der Waals surface area contributed by atoms with Gasteiger partial charge in [0.05, 0.1) is 11.3 Å². The molecule has 104 valence electrons. The van der Waals surface area contributed by atoms with E-state index in [0.717, 1.165) is 36.5 Å². The maximum absolute atomic E-state index is 5.92. The van der Waals surface area contributed by atoms with Crippen molar-refractivity contribution >= 4 is 0 Å². The van der Waals surface area contributed by atoms with Crippen LogP contribution in [-0.4, -0.2) is 16.5 Å². The molecule has 1 aliphatic heterocycles. The van der Waals surface area contributed by atoms with Gasteiger partial charge in [-0.1, -0.05) is 26.0 Å². The third-order valence-electron chi connectivity index (χ3n) is 3.60. The molecule has 0 atom stereocenters. The Bertz CT molecular complexity index is 593. The van der Waals surface area contributed by atoms with Gasteiger partial charge in [0.1, 0.15) is 12.1 Å². The first-order valence-electron chi connectivity index (χ1n) is 7.05. The molecule has 0 saturated carbocycles. The molecule has 0 unspecified atom stereocenters. The summed E-state index contributed by atoms with van der Waals surface area (Å²) >= 11 is 0. The van der Waals surface area contributed by atoms with Crippen LogP contribution < -0.4 is 10.1 Å². The van der Waals surface area contributed by atoms with Crippen molar-refractivity contribution in [3.8, 4) is 11.6 Å². The number of ether oxygens (including phenoxy) is 1. The van der Waals surface area contributed by atoms with Crippen LogP contribution in [0, 0.1) is 0 Å². The van der Waals surface area contributed by atoms with Crippen LogP contribution in [0.2, 0.25) is 0 Å². The Morgan fingerprint density at radius 3 is 2.70 bits per heavy atom. The Kier molecular flexibility index (Phi) is 3.65. The summed E-state index contributed by atoms with van der Waals surface area (Å²) in [5.74, 6) is 2.01. The van der Waals surface area contributed by atoms with E-state index in [0.29, 0.717) is 11.8 Å². The summed E-state index contributed by atoms with van der Waals surface area (Å²) in [6, 6.07) is 8.21. The van der Waals surface area contributed by atoms with E-state index < -0.39 is 0 Å². The molecule has 2 aromatic rings. The lowest BCUT2D eigenvalue weighted by molar-refractivity contribution is 0.444. The van der Waals surface area contributed by atoms with Crippen LogP contribution >= 0.6 is 0 Å². The lowest BCUT2D eigenvalue weighted by Crippen LogP contribution is -2.25. The standard InChI is InChI=1S/C16H19N3O/c1-11(2)12-3-5-13(6-4-12)20-16-14-9-17-8-7-15(14)18-10-19-16/h3-6,10-11,17H,7-9H2,1-2H3. The molecule has 0 fully saturated rings. The van der Waals surface area contributed by atoms with Gasteiger partial charge in [-0.05, 0) is 23.6 Å². The van der Waals surface area contributed by atoms with Crippen LogP contribution in [0.15, 0.2) is 30.6 Å². The molecule has 0 saturated heterocycles. The highest BCUT2D eigenvalue weighted by Gasteiger charge is 2.16. The van der Waals surface area contributed by atoms with Crippen molar-refractivity contribution in [2.45, 2.75) is 32.7 Å². The molecule has 0 aliphatic carbocycles. The zero-order valence-corrected chi connectivity index (χ0v) is 11.9. The number of aromatic nitrogens is 2. The number of nitrogens with one attached hydrogen (secondary N) is 1. The van der Waals surface area contributed by atoms with Gasteiger partial charge in [-0.25, -0.2) is 9.97 Å². The van der Waals surface area contributed by atoms with Crippen molar-refractivity contribution in [3.05, 3.63) is 47.4 Å². The zero-order chi connectivity index (χ0) is 13.9. The average Bonchev–Trinajstić information content (AvgIpc) is 2.48. The zero-order valence-electron chi connectivity index (χ0n) is 11.9. The van der Waals surface area contributed by atoms with Crippen LogP contribution in [0.1, 0.15) is 36.6 Å². The van der Waals surface area contributed by atoms with Crippen molar-refractivity contribution in [3.63, 3.8) is 0 Å². The Balaban J connectivity index is 1.84. The first-order valence-corrected chi connectivity index (χ1v) is 7.05. The van der Waals surface area contributed by atoms with Crippen LogP contribution in [0.25, 0.3) is 0 Å². The largest absolute Gasteiger partial charge is 0.439 e. The summed E-state index contributed by atoms with van der Waals surface area (Å²) in [4.78, 5) is 8.60. The average molecular weight is 269 g/mol. The van der Waals surface area contributed by atoms with Crippen LogP contribution in [0.4, 0.5) is 0 Å². The van der Waals surface area contributed by atoms with Crippen molar-refractivity contribution < 1.29 is 4.74 Å². The van der Waals surface area contributed by atoms with E-state index in [9.17, 15) is 0 Å². The molecule has 4 heteroatoms. The quantitative estimate of drug-likeness (QED) is 0.930. The highest BCUT2D eigenvalue weighted by Crippen LogP contribution is 2.27.